The van der Waals surface area contributed by atoms with Crippen molar-refractivity contribution in [2.24, 2.45) is 4.99 Å². The van der Waals surface area contributed by atoms with E-state index in [2.05, 4.69) is 47.8 Å². The van der Waals surface area contributed by atoms with Crippen molar-refractivity contribution in [3.63, 3.8) is 0 Å². The molecular weight excluding hydrogens is 220 g/mol. The topological polar surface area (TPSA) is 24.4 Å². The van der Waals surface area contributed by atoms with Crippen molar-refractivity contribution in [1.82, 2.24) is 5.32 Å². The summed E-state index contributed by atoms with van der Waals surface area (Å²) in [5, 5.41) is 5.69. The second-order valence-electron chi connectivity index (χ2n) is 4.52. The average Bonchev–Trinajstić information content (AvgIpc) is 2.84. The third-order valence-electron chi connectivity index (χ3n) is 3.46. The molecule has 0 saturated carbocycles. The largest absolute Gasteiger partial charge is 0.380 e. The summed E-state index contributed by atoms with van der Waals surface area (Å²) in [5.41, 5.74) is 4.75. The van der Waals surface area contributed by atoms with E-state index in [4.69, 9.17) is 4.99 Å². The minimum absolute atomic E-state index is 0.896. The summed E-state index contributed by atoms with van der Waals surface area (Å²) in [6.07, 6.45) is 2.24. The van der Waals surface area contributed by atoms with Crippen LogP contribution in [-0.4, -0.2) is 6.54 Å². The van der Waals surface area contributed by atoms with Crippen LogP contribution in [0.3, 0.4) is 0 Å². The molecule has 2 heterocycles. The third-order valence-corrected chi connectivity index (χ3v) is 3.46. The van der Waals surface area contributed by atoms with Crippen LogP contribution in [0.15, 0.2) is 59.6 Å². The Morgan fingerprint density at radius 1 is 0.944 bits per heavy atom. The standard InChI is InChI=1S/C16H12N2/c1-3-7-14-11(5-1)12-9-10-17-16(12)13-6-2-4-8-15(13)18-14/h1-9,17H,10H2. The van der Waals surface area contributed by atoms with Gasteiger partial charge in [0.15, 0.2) is 0 Å². The highest BCUT2D eigenvalue weighted by Crippen LogP contribution is 2.32. The lowest BCUT2D eigenvalue weighted by Gasteiger charge is -2.06. The van der Waals surface area contributed by atoms with Crippen LogP contribution >= 0.6 is 0 Å². The second kappa shape index (κ2) is 3.57. The Bertz CT molecular complexity index is 785. The number of hydrogen-bond donors (Lipinski definition) is 1. The summed E-state index contributed by atoms with van der Waals surface area (Å²) in [4.78, 5) is 4.78. The number of nitrogens with zero attached hydrogens (tertiary/aromatic N) is 1. The number of nitrogens with one attached hydrogen (secondary N) is 1. The van der Waals surface area contributed by atoms with Crippen molar-refractivity contribution in [3.05, 3.63) is 70.7 Å². The van der Waals surface area contributed by atoms with Gasteiger partial charge in [0.25, 0.3) is 0 Å². The van der Waals surface area contributed by atoms with Crippen LogP contribution < -0.4 is 15.9 Å². The number of para-hydroxylation sites is 2. The van der Waals surface area contributed by atoms with Crippen molar-refractivity contribution in [2.75, 3.05) is 6.54 Å². The monoisotopic (exact) mass is 232 g/mol. The highest BCUT2D eigenvalue weighted by atomic mass is 14.9. The molecule has 0 saturated heterocycles. The van der Waals surface area contributed by atoms with E-state index in [1.807, 2.05) is 12.1 Å². The molecule has 2 aliphatic heterocycles. The molecule has 4 rings (SSSR count). The van der Waals surface area contributed by atoms with Gasteiger partial charge in [0.1, 0.15) is 0 Å². The number of rotatable bonds is 0. The molecule has 18 heavy (non-hydrogen) atoms. The summed E-state index contributed by atoms with van der Waals surface area (Å²) >= 11 is 0. The molecule has 2 aromatic carbocycles. The van der Waals surface area contributed by atoms with Gasteiger partial charge in [0.2, 0.25) is 0 Å². The fourth-order valence-electron chi connectivity index (χ4n) is 2.65. The lowest BCUT2D eigenvalue weighted by molar-refractivity contribution is 1.05. The van der Waals surface area contributed by atoms with Gasteiger partial charge in [-0.2, -0.15) is 0 Å². The number of fused-ring (bicyclic) bond motifs is 4. The van der Waals surface area contributed by atoms with E-state index < -0.39 is 0 Å². The van der Waals surface area contributed by atoms with E-state index in [1.54, 1.807) is 0 Å². The first kappa shape index (κ1) is 9.66. The van der Waals surface area contributed by atoms with Gasteiger partial charge in [-0.1, -0.05) is 42.5 Å². The number of hydrogen-bond acceptors (Lipinski definition) is 2. The SMILES string of the molecule is C1=C2C(=c3ccccc3=Nc3ccccc32)NC1. The van der Waals surface area contributed by atoms with Gasteiger partial charge < -0.3 is 5.32 Å². The molecule has 86 valence electrons. The predicted molar refractivity (Wildman–Crippen MR) is 72.7 cm³/mol. The van der Waals surface area contributed by atoms with E-state index in [0.29, 0.717) is 0 Å². The van der Waals surface area contributed by atoms with Crippen LogP contribution in [0, 0.1) is 0 Å². The van der Waals surface area contributed by atoms with Gasteiger partial charge in [0.05, 0.1) is 16.7 Å². The highest BCUT2D eigenvalue weighted by molar-refractivity contribution is 6.02. The predicted octanol–water partition coefficient (Wildman–Crippen LogP) is 1.75. The molecule has 0 fully saturated rings. The lowest BCUT2D eigenvalue weighted by Crippen LogP contribution is -2.29. The molecule has 0 spiro atoms. The molecule has 0 atom stereocenters. The van der Waals surface area contributed by atoms with Crippen LogP contribution in [0.1, 0.15) is 5.56 Å². The summed E-state index contributed by atoms with van der Waals surface area (Å²) < 4.78 is 0. The van der Waals surface area contributed by atoms with Crippen LogP contribution in [-0.2, 0) is 0 Å². The van der Waals surface area contributed by atoms with E-state index in [-0.39, 0.29) is 0 Å². The van der Waals surface area contributed by atoms with Gasteiger partial charge in [0, 0.05) is 22.9 Å². The highest BCUT2D eigenvalue weighted by Gasteiger charge is 2.18. The zero-order chi connectivity index (χ0) is 11.9. The first-order chi connectivity index (χ1) is 8.93. The maximum Gasteiger partial charge on any atom is 0.0730 e. The van der Waals surface area contributed by atoms with Crippen LogP contribution in [0.4, 0.5) is 5.69 Å². The lowest BCUT2D eigenvalue weighted by atomic mass is 10.0. The summed E-state index contributed by atoms with van der Waals surface area (Å²) in [6, 6.07) is 16.6. The van der Waals surface area contributed by atoms with Crippen molar-refractivity contribution in [2.45, 2.75) is 0 Å². The van der Waals surface area contributed by atoms with Crippen molar-refractivity contribution < 1.29 is 0 Å². The fraction of sp³-hybridized carbons (Fsp3) is 0.0625. The summed E-state index contributed by atoms with van der Waals surface area (Å²) in [6.45, 7) is 0.896. The van der Waals surface area contributed by atoms with Crippen molar-refractivity contribution in [1.29, 1.82) is 0 Å². The van der Waals surface area contributed by atoms with Gasteiger partial charge in [-0.3, -0.25) is 0 Å². The van der Waals surface area contributed by atoms with E-state index in [1.165, 1.54) is 22.1 Å². The Morgan fingerprint density at radius 2 is 1.78 bits per heavy atom. The zero-order valence-electron chi connectivity index (χ0n) is 9.85. The van der Waals surface area contributed by atoms with E-state index >= 15 is 0 Å². The van der Waals surface area contributed by atoms with E-state index in [0.717, 1.165) is 17.6 Å². The molecule has 0 unspecified atom stereocenters. The molecule has 2 aliphatic rings. The molecule has 0 bridgehead atoms. The van der Waals surface area contributed by atoms with Crippen LogP contribution in [0.2, 0.25) is 0 Å². The Hall–Kier alpha value is -2.35. The molecule has 2 nitrogen and oxygen atoms in total. The Labute approximate surface area is 105 Å². The van der Waals surface area contributed by atoms with Crippen LogP contribution in [0.5, 0.6) is 0 Å². The molecule has 2 aromatic rings. The summed E-state index contributed by atoms with van der Waals surface area (Å²) in [7, 11) is 0. The first-order valence-electron chi connectivity index (χ1n) is 6.15. The van der Waals surface area contributed by atoms with Gasteiger partial charge in [-0.15, -0.1) is 0 Å². The average molecular weight is 232 g/mol. The Morgan fingerprint density at radius 3 is 2.78 bits per heavy atom. The third kappa shape index (κ3) is 1.26. The second-order valence-corrected chi connectivity index (χ2v) is 4.52. The minimum atomic E-state index is 0.896. The molecule has 1 N–H and O–H groups in total. The first-order valence-corrected chi connectivity index (χ1v) is 6.15. The van der Waals surface area contributed by atoms with Crippen molar-refractivity contribution >= 4 is 17.0 Å². The van der Waals surface area contributed by atoms with E-state index in [9.17, 15) is 0 Å². The maximum atomic E-state index is 4.78. The molecule has 0 aliphatic carbocycles. The normalized spacial score (nSPS) is 15.6. The van der Waals surface area contributed by atoms with Gasteiger partial charge in [-0.05, 0) is 12.1 Å². The maximum absolute atomic E-state index is 4.78. The van der Waals surface area contributed by atoms with Crippen LogP contribution in [0.25, 0.3) is 11.3 Å². The molecule has 2 heteroatoms. The quantitative estimate of drug-likeness (QED) is 0.735. The van der Waals surface area contributed by atoms with Crippen molar-refractivity contribution in [3.8, 4) is 0 Å². The smallest absolute Gasteiger partial charge is 0.0730 e. The summed E-state index contributed by atoms with van der Waals surface area (Å²) in [5.74, 6) is 0. The minimum Gasteiger partial charge on any atom is -0.380 e. The fourth-order valence-corrected chi connectivity index (χ4v) is 2.65. The van der Waals surface area contributed by atoms with Gasteiger partial charge >= 0.3 is 0 Å². The molecule has 0 aromatic heterocycles. The molecule has 0 radical (unpaired) electrons. The Kier molecular flexibility index (Phi) is 1.92. The molecule has 0 amide bonds. The number of benzene rings is 2. The molecular formula is C16H12N2. The Balaban J connectivity index is 2.22. The zero-order valence-corrected chi connectivity index (χ0v) is 9.85. The van der Waals surface area contributed by atoms with Gasteiger partial charge in [-0.25, -0.2) is 4.99 Å².